The Morgan fingerprint density at radius 1 is 0.938 bits per heavy atom. The van der Waals surface area contributed by atoms with Crippen molar-refractivity contribution in [2.75, 3.05) is 4.90 Å². The first-order valence-electron chi connectivity index (χ1n) is 10.4. The fourth-order valence-electron chi connectivity index (χ4n) is 6.17. The zero-order valence-corrected chi connectivity index (χ0v) is 17.7. The topological polar surface area (TPSA) is 80.5 Å². The molecule has 1 fully saturated rings. The summed E-state index contributed by atoms with van der Waals surface area (Å²) in [5, 5.41) is 11.5. The van der Waals surface area contributed by atoms with Gasteiger partial charge in [0.15, 0.2) is 0 Å². The molecule has 3 aromatic rings. The van der Waals surface area contributed by atoms with E-state index in [0.717, 1.165) is 27.2 Å². The van der Waals surface area contributed by atoms with Gasteiger partial charge in [0, 0.05) is 23.5 Å². The van der Waals surface area contributed by atoms with Crippen molar-refractivity contribution < 1.29 is 14.5 Å². The van der Waals surface area contributed by atoms with Crippen molar-refractivity contribution in [3.8, 4) is 0 Å². The zero-order valence-electron chi connectivity index (χ0n) is 17.0. The van der Waals surface area contributed by atoms with E-state index in [0.29, 0.717) is 0 Å². The highest BCUT2D eigenvalue weighted by atomic mass is 35.5. The van der Waals surface area contributed by atoms with Gasteiger partial charge >= 0.3 is 0 Å². The van der Waals surface area contributed by atoms with Gasteiger partial charge in [-0.1, -0.05) is 67.1 Å². The highest BCUT2D eigenvalue weighted by Crippen LogP contribution is 2.64. The van der Waals surface area contributed by atoms with Gasteiger partial charge in [-0.3, -0.25) is 19.7 Å². The van der Waals surface area contributed by atoms with Crippen molar-refractivity contribution in [1.82, 2.24) is 0 Å². The van der Waals surface area contributed by atoms with Gasteiger partial charge in [0.1, 0.15) is 0 Å². The molecule has 6 nitrogen and oxygen atoms in total. The number of benzene rings is 3. The highest BCUT2D eigenvalue weighted by Gasteiger charge is 2.66. The number of nitro benzene ring substituents is 1. The summed E-state index contributed by atoms with van der Waals surface area (Å²) < 4.78 is 0. The Morgan fingerprint density at radius 2 is 1.53 bits per heavy atom. The third-order valence-corrected chi connectivity index (χ3v) is 7.74. The van der Waals surface area contributed by atoms with Crippen LogP contribution in [0.15, 0.2) is 66.7 Å². The number of nitrogens with zero attached hydrogens (tertiary/aromatic N) is 2. The van der Waals surface area contributed by atoms with Gasteiger partial charge in [-0.2, -0.15) is 0 Å². The molecule has 3 aliphatic carbocycles. The molecule has 1 heterocycles. The van der Waals surface area contributed by atoms with Crippen LogP contribution in [0.1, 0.15) is 35.1 Å². The van der Waals surface area contributed by atoms with Gasteiger partial charge in [-0.15, -0.1) is 0 Å². The molecule has 0 N–H and O–H groups in total. The van der Waals surface area contributed by atoms with Gasteiger partial charge < -0.3 is 0 Å². The maximum Gasteiger partial charge on any atom is 0.271 e. The van der Waals surface area contributed by atoms with Crippen LogP contribution in [0.4, 0.5) is 11.4 Å². The summed E-state index contributed by atoms with van der Waals surface area (Å²) in [6.07, 6.45) is 0. The molecule has 4 aliphatic rings. The quantitative estimate of drug-likeness (QED) is 0.322. The lowest BCUT2D eigenvalue weighted by Crippen LogP contribution is -2.51. The lowest BCUT2D eigenvalue weighted by Gasteiger charge is -2.52. The molecule has 0 unspecified atom stereocenters. The van der Waals surface area contributed by atoms with Crippen molar-refractivity contribution in [1.29, 1.82) is 0 Å². The molecule has 32 heavy (non-hydrogen) atoms. The number of nitro groups is 1. The zero-order chi connectivity index (χ0) is 22.4. The Hall–Kier alpha value is -3.51. The number of carbonyl (C=O) groups is 2. The third kappa shape index (κ3) is 2.15. The molecule has 3 aromatic carbocycles. The largest absolute Gasteiger partial charge is 0.274 e. The van der Waals surface area contributed by atoms with Crippen molar-refractivity contribution in [3.05, 3.63) is 104 Å². The minimum Gasteiger partial charge on any atom is -0.274 e. The number of imide groups is 1. The number of halogens is 1. The maximum absolute atomic E-state index is 13.9. The molecule has 1 saturated heterocycles. The molecule has 2 bridgehead atoms. The smallest absolute Gasteiger partial charge is 0.271 e. The maximum atomic E-state index is 13.9. The second-order valence-electron chi connectivity index (χ2n) is 8.76. The summed E-state index contributed by atoms with van der Waals surface area (Å²) in [6, 6.07) is 19.8. The Morgan fingerprint density at radius 3 is 2.12 bits per heavy atom. The Kier molecular flexibility index (Phi) is 3.76. The summed E-state index contributed by atoms with van der Waals surface area (Å²) in [7, 11) is 0. The number of hydrogen-bond donors (Lipinski definition) is 0. The second-order valence-corrected chi connectivity index (χ2v) is 9.17. The van der Waals surface area contributed by atoms with Crippen LogP contribution in [-0.4, -0.2) is 16.7 Å². The Labute approximate surface area is 188 Å². The minimum atomic E-state index is -0.693. The normalized spacial score (nSPS) is 27.2. The Balaban J connectivity index is 1.60. The predicted octanol–water partition coefficient (Wildman–Crippen LogP) is 4.82. The van der Waals surface area contributed by atoms with Gasteiger partial charge in [0.2, 0.25) is 11.8 Å². The number of amides is 2. The number of rotatable bonds is 2. The van der Waals surface area contributed by atoms with E-state index in [1.807, 2.05) is 55.5 Å². The molecule has 0 radical (unpaired) electrons. The van der Waals surface area contributed by atoms with Crippen LogP contribution in [-0.2, 0) is 15.0 Å². The molecule has 7 heteroatoms. The number of hydrogen-bond acceptors (Lipinski definition) is 4. The summed E-state index contributed by atoms with van der Waals surface area (Å²) in [4.78, 5) is 39.5. The SMILES string of the molecule is CC12c3ccccc3C(c3ccccc31)[C@@H]1C(=O)N(c3cc([N+](=O)[O-])ccc3Cl)C(=O)[C@@H]12. The van der Waals surface area contributed by atoms with Crippen molar-refractivity contribution in [2.45, 2.75) is 18.3 Å². The molecule has 2 amide bonds. The van der Waals surface area contributed by atoms with Crippen LogP contribution >= 0.6 is 11.6 Å². The average molecular weight is 445 g/mol. The summed E-state index contributed by atoms with van der Waals surface area (Å²) >= 11 is 6.34. The van der Waals surface area contributed by atoms with Crippen LogP contribution in [0.3, 0.4) is 0 Å². The van der Waals surface area contributed by atoms with E-state index in [4.69, 9.17) is 11.6 Å². The first kappa shape index (κ1) is 19.2. The van der Waals surface area contributed by atoms with Crippen molar-refractivity contribution in [2.24, 2.45) is 11.8 Å². The van der Waals surface area contributed by atoms with E-state index in [1.165, 1.54) is 18.2 Å². The van der Waals surface area contributed by atoms with E-state index < -0.39 is 22.2 Å². The van der Waals surface area contributed by atoms with E-state index in [2.05, 4.69) is 0 Å². The molecule has 7 rings (SSSR count). The van der Waals surface area contributed by atoms with E-state index in [-0.39, 0.29) is 34.1 Å². The lowest BCUT2D eigenvalue weighted by molar-refractivity contribution is -0.384. The number of non-ortho nitro benzene ring substituents is 1. The third-order valence-electron chi connectivity index (χ3n) is 7.42. The van der Waals surface area contributed by atoms with E-state index >= 15 is 0 Å². The highest BCUT2D eigenvalue weighted by molar-refractivity contribution is 6.36. The standard InChI is InChI=1S/C25H17ClN2O4/c1-25-16-8-4-2-6-14(16)20(15-7-3-5-9-17(15)25)21-22(25)24(30)27(23(21)29)19-12-13(28(31)32)10-11-18(19)26/h2-12,20-22H,1H3/t20?,21-,22+,25?/m0/s1. The Bertz CT molecular complexity index is 1320. The minimum absolute atomic E-state index is 0.0707. The van der Waals surface area contributed by atoms with E-state index in [1.54, 1.807) is 0 Å². The molecule has 1 aliphatic heterocycles. The average Bonchev–Trinajstić information content (AvgIpc) is 3.06. The molecule has 0 aromatic heterocycles. The predicted molar refractivity (Wildman–Crippen MR) is 119 cm³/mol. The first-order valence-corrected chi connectivity index (χ1v) is 10.7. The van der Waals surface area contributed by atoms with Gasteiger partial charge in [-0.05, 0) is 28.3 Å². The number of anilines is 1. The first-order chi connectivity index (χ1) is 15.4. The molecule has 0 spiro atoms. The molecule has 158 valence electrons. The molecular formula is C25H17ClN2O4. The number of carbonyl (C=O) groups excluding carboxylic acids is 2. The van der Waals surface area contributed by atoms with Gasteiger partial charge in [-0.25, -0.2) is 4.90 Å². The van der Waals surface area contributed by atoms with E-state index in [9.17, 15) is 19.7 Å². The summed E-state index contributed by atoms with van der Waals surface area (Å²) in [5.41, 5.74) is 3.38. The van der Waals surface area contributed by atoms with Crippen LogP contribution in [0.25, 0.3) is 0 Å². The molecule has 2 atom stereocenters. The fourth-order valence-corrected chi connectivity index (χ4v) is 6.38. The monoisotopic (exact) mass is 444 g/mol. The fraction of sp³-hybridized carbons (Fsp3) is 0.200. The van der Waals surface area contributed by atoms with Crippen LogP contribution < -0.4 is 4.90 Å². The summed E-state index contributed by atoms with van der Waals surface area (Å²) in [6.45, 7) is 2.03. The van der Waals surface area contributed by atoms with Crippen LogP contribution in [0.2, 0.25) is 5.02 Å². The van der Waals surface area contributed by atoms with Crippen LogP contribution in [0, 0.1) is 22.0 Å². The molecule has 0 saturated carbocycles. The summed E-state index contributed by atoms with van der Waals surface area (Å²) in [5.74, 6) is -2.18. The van der Waals surface area contributed by atoms with Gasteiger partial charge in [0.25, 0.3) is 5.69 Å². The van der Waals surface area contributed by atoms with Gasteiger partial charge in [0.05, 0.1) is 27.5 Å². The van der Waals surface area contributed by atoms with Crippen molar-refractivity contribution in [3.63, 3.8) is 0 Å². The van der Waals surface area contributed by atoms with Crippen LogP contribution in [0.5, 0.6) is 0 Å². The molecular weight excluding hydrogens is 428 g/mol. The lowest BCUT2D eigenvalue weighted by atomic mass is 9.48. The van der Waals surface area contributed by atoms with Crippen molar-refractivity contribution >= 4 is 34.8 Å². The second kappa shape index (κ2) is 6.26.